The summed E-state index contributed by atoms with van der Waals surface area (Å²) in [6, 6.07) is 0. The Morgan fingerprint density at radius 2 is 1.87 bits per heavy atom. The lowest BCUT2D eigenvalue weighted by molar-refractivity contribution is 0.0347. The molecule has 3 nitrogen and oxygen atoms in total. The fourth-order valence-corrected chi connectivity index (χ4v) is 2.99. The van der Waals surface area contributed by atoms with Crippen LogP contribution in [0.2, 0.25) is 0 Å². The summed E-state index contributed by atoms with van der Waals surface area (Å²) in [5.74, 6) is 0. The molecule has 1 aliphatic heterocycles. The van der Waals surface area contributed by atoms with Crippen LogP contribution in [0.5, 0.6) is 0 Å². The number of hydrogen-bond donors (Lipinski definition) is 1. The van der Waals surface area contributed by atoms with Crippen LogP contribution in [-0.4, -0.2) is 43.3 Å². The molecule has 0 aromatic carbocycles. The van der Waals surface area contributed by atoms with Crippen LogP contribution in [0.15, 0.2) is 0 Å². The van der Waals surface area contributed by atoms with Crippen LogP contribution >= 0.6 is 0 Å². The molecule has 0 atom stereocenters. The van der Waals surface area contributed by atoms with E-state index in [0.717, 1.165) is 19.6 Å². The number of methoxy groups -OCH3 is 1. The Morgan fingerprint density at radius 3 is 2.40 bits per heavy atom. The van der Waals surface area contributed by atoms with E-state index in [1.54, 1.807) is 0 Å². The van der Waals surface area contributed by atoms with Gasteiger partial charge in [-0.3, -0.25) is 0 Å². The molecule has 15 heavy (non-hydrogen) atoms. The third kappa shape index (κ3) is 2.92. The Balaban J connectivity index is 1.76. The van der Waals surface area contributed by atoms with Crippen LogP contribution in [-0.2, 0) is 4.74 Å². The van der Waals surface area contributed by atoms with E-state index in [0.29, 0.717) is 6.10 Å². The van der Waals surface area contributed by atoms with E-state index in [-0.39, 0.29) is 5.54 Å². The molecule has 0 aromatic rings. The van der Waals surface area contributed by atoms with Crippen molar-refractivity contribution in [1.82, 2.24) is 4.90 Å². The molecule has 3 heteroatoms. The lowest BCUT2D eigenvalue weighted by Crippen LogP contribution is -2.50. The molecule has 0 bridgehead atoms. The second-order valence-electron chi connectivity index (χ2n) is 5.28. The zero-order chi connectivity index (χ0) is 10.7. The molecule has 1 heterocycles. The molecule has 1 saturated heterocycles. The van der Waals surface area contributed by atoms with E-state index in [1.807, 2.05) is 7.11 Å². The molecule has 0 spiro atoms. The van der Waals surface area contributed by atoms with Gasteiger partial charge in [-0.15, -0.1) is 0 Å². The number of nitrogens with two attached hydrogens (primary N) is 1. The first-order chi connectivity index (χ1) is 7.22. The summed E-state index contributed by atoms with van der Waals surface area (Å²) >= 11 is 0. The first-order valence-corrected chi connectivity index (χ1v) is 6.26. The molecule has 2 aliphatic rings. The summed E-state index contributed by atoms with van der Waals surface area (Å²) in [6.07, 6.45) is 7.92. The molecule has 0 radical (unpaired) electrons. The van der Waals surface area contributed by atoms with Crippen molar-refractivity contribution in [2.45, 2.75) is 50.2 Å². The van der Waals surface area contributed by atoms with Gasteiger partial charge in [0, 0.05) is 32.3 Å². The van der Waals surface area contributed by atoms with Gasteiger partial charge in [0.15, 0.2) is 0 Å². The lowest BCUT2D eigenvalue weighted by Gasteiger charge is -2.36. The van der Waals surface area contributed by atoms with E-state index in [2.05, 4.69) is 4.90 Å². The molecule has 2 fully saturated rings. The molecular formula is C12H24N2O. The van der Waals surface area contributed by atoms with Crippen molar-refractivity contribution >= 4 is 0 Å². The molecule has 0 unspecified atom stereocenters. The zero-order valence-corrected chi connectivity index (χ0v) is 9.87. The molecular weight excluding hydrogens is 188 g/mol. The monoisotopic (exact) mass is 212 g/mol. The van der Waals surface area contributed by atoms with Gasteiger partial charge in [-0.1, -0.05) is 12.8 Å². The molecule has 2 N–H and O–H groups in total. The quantitative estimate of drug-likeness (QED) is 0.768. The van der Waals surface area contributed by atoms with Crippen LogP contribution in [0.25, 0.3) is 0 Å². The highest BCUT2D eigenvalue weighted by atomic mass is 16.5. The maximum Gasteiger partial charge on any atom is 0.0595 e. The van der Waals surface area contributed by atoms with Gasteiger partial charge in [0.05, 0.1) is 6.10 Å². The van der Waals surface area contributed by atoms with Crippen LogP contribution in [0.3, 0.4) is 0 Å². The molecule has 0 amide bonds. The lowest BCUT2D eigenvalue weighted by atomic mass is 9.96. The minimum Gasteiger partial charge on any atom is -0.381 e. The summed E-state index contributed by atoms with van der Waals surface area (Å²) in [5.41, 5.74) is 6.51. The van der Waals surface area contributed by atoms with Gasteiger partial charge in [0.2, 0.25) is 0 Å². The second kappa shape index (κ2) is 4.81. The maximum absolute atomic E-state index is 6.38. The summed E-state index contributed by atoms with van der Waals surface area (Å²) in [6.45, 7) is 3.43. The molecule has 0 aromatic heterocycles. The minimum absolute atomic E-state index is 0.125. The standard InChI is InChI=1S/C12H24N2O/c1-15-11-4-8-14(9-5-11)10-12(13)6-2-3-7-12/h11H,2-10,13H2,1H3. The number of nitrogens with zero attached hydrogens (tertiary/aromatic N) is 1. The molecule has 2 rings (SSSR count). The van der Waals surface area contributed by atoms with Gasteiger partial charge in [0.25, 0.3) is 0 Å². The number of piperidine rings is 1. The summed E-state index contributed by atoms with van der Waals surface area (Å²) in [7, 11) is 1.82. The average Bonchev–Trinajstić information content (AvgIpc) is 2.66. The summed E-state index contributed by atoms with van der Waals surface area (Å²) in [5, 5.41) is 0. The van der Waals surface area contributed by atoms with Gasteiger partial charge in [0.1, 0.15) is 0 Å². The van der Waals surface area contributed by atoms with Gasteiger partial charge < -0.3 is 15.4 Å². The van der Waals surface area contributed by atoms with Crippen molar-refractivity contribution in [1.29, 1.82) is 0 Å². The van der Waals surface area contributed by atoms with Crippen molar-refractivity contribution in [3.63, 3.8) is 0 Å². The highest BCUT2D eigenvalue weighted by Crippen LogP contribution is 2.28. The average molecular weight is 212 g/mol. The number of hydrogen-bond acceptors (Lipinski definition) is 3. The van der Waals surface area contributed by atoms with Crippen LogP contribution in [0.1, 0.15) is 38.5 Å². The normalized spacial score (nSPS) is 28.4. The smallest absolute Gasteiger partial charge is 0.0595 e. The zero-order valence-electron chi connectivity index (χ0n) is 9.87. The van der Waals surface area contributed by atoms with Crippen molar-refractivity contribution in [2.75, 3.05) is 26.7 Å². The number of likely N-dealkylation sites (tertiary alicyclic amines) is 1. The Labute approximate surface area is 93.0 Å². The number of ether oxygens (including phenoxy) is 1. The second-order valence-corrected chi connectivity index (χ2v) is 5.28. The topological polar surface area (TPSA) is 38.5 Å². The van der Waals surface area contributed by atoms with Crippen molar-refractivity contribution in [2.24, 2.45) is 5.73 Å². The van der Waals surface area contributed by atoms with Gasteiger partial charge in [-0.05, 0) is 25.7 Å². The third-order valence-corrected chi connectivity index (χ3v) is 4.01. The van der Waals surface area contributed by atoms with E-state index in [1.165, 1.54) is 38.5 Å². The van der Waals surface area contributed by atoms with Gasteiger partial charge in [-0.2, -0.15) is 0 Å². The number of rotatable bonds is 3. The van der Waals surface area contributed by atoms with Crippen LogP contribution in [0, 0.1) is 0 Å². The predicted octanol–water partition coefficient (Wildman–Crippen LogP) is 1.37. The highest BCUT2D eigenvalue weighted by molar-refractivity contribution is 4.92. The molecule has 1 aliphatic carbocycles. The maximum atomic E-state index is 6.38. The Kier molecular flexibility index (Phi) is 3.65. The van der Waals surface area contributed by atoms with Crippen molar-refractivity contribution < 1.29 is 4.74 Å². The van der Waals surface area contributed by atoms with Crippen LogP contribution in [0.4, 0.5) is 0 Å². The fraction of sp³-hybridized carbons (Fsp3) is 1.00. The fourth-order valence-electron chi connectivity index (χ4n) is 2.99. The van der Waals surface area contributed by atoms with Crippen LogP contribution < -0.4 is 5.73 Å². The SMILES string of the molecule is COC1CCN(CC2(N)CCCC2)CC1. The van der Waals surface area contributed by atoms with E-state index in [4.69, 9.17) is 10.5 Å². The Hall–Kier alpha value is -0.120. The molecule has 1 saturated carbocycles. The largest absolute Gasteiger partial charge is 0.381 e. The third-order valence-electron chi connectivity index (χ3n) is 4.01. The summed E-state index contributed by atoms with van der Waals surface area (Å²) < 4.78 is 5.38. The molecule has 88 valence electrons. The Morgan fingerprint density at radius 1 is 1.27 bits per heavy atom. The van der Waals surface area contributed by atoms with E-state index >= 15 is 0 Å². The van der Waals surface area contributed by atoms with Crippen molar-refractivity contribution in [3.05, 3.63) is 0 Å². The summed E-state index contributed by atoms with van der Waals surface area (Å²) in [4.78, 5) is 2.53. The predicted molar refractivity (Wildman–Crippen MR) is 61.9 cm³/mol. The van der Waals surface area contributed by atoms with Gasteiger partial charge in [-0.25, -0.2) is 0 Å². The van der Waals surface area contributed by atoms with E-state index < -0.39 is 0 Å². The minimum atomic E-state index is 0.125. The first-order valence-electron chi connectivity index (χ1n) is 6.26. The van der Waals surface area contributed by atoms with Gasteiger partial charge >= 0.3 is 0 Å². The first kappa shape index (κ1) is 11.4. The highest BCUT2D eigenvalue weighted by Gasteiger charge is 2.32. The van der Waals surface area contributed by atoms with Crippen molar-refractivity contribution in [3.8, 4) is 0 Å². The van der Waals surface area contributed by atoms with E-state index in [9.17, 15) is 0 Å². The Bertz CT molecular complexity index is 194.